The third kappa shape index (κ3) is 4.78. The molecule has 0 saturated heterocycles. The number of fused-ring (bicyclic) bond motifs is 1. The first kappa shape index (κ1) is 21.8. The number of benzene rings is 1. The lowest BCUT2D eigenvalue weighted by Gasteiger charge is -2.10. The summed E-state index contributed by atoms with van der Waals surface area (Å²) in [5, 5.41) is 7.26. The van der Waals surface area contributed by atoms with Gasteiger partial charge in [0.25, 0.3) is 0 Å². The molecule has 0 saturated carbocycles. The quantitative estimate of drug-likeness (QED) is 0.406. The standard InChI is InChI=1S/C19H22ClN5O5/c1-4-30-18(27)13-9-21-25(10-13)19-23-16-8-15(22-12(2)26)14(20)7-17(16)24(19)11-29-6-5-28-3/h7-10H,4-6,11H2,1-3H3,(H,22,26). The van der Waals surface area contributed by atoms with E-state index in [1.54, 1.807) is 30.7 Å². The fraction of sp³-hybridized carbons (Fsp3) is 0.368. The molecule has 2 heterocycles. The maximum Gasteiger partial charge on any atom is 0.341 e. The molecular formula is C19H22ClN5O5. The Labute approximate surface area is 177 Å². The van der Waals surface area contributed by atoms with Crippen molar-refractivity contribution in [2.75, 3.05) is 32.2 Å². The fourth-order valence-corrected chi connectivity index (χ4v) is 2.98. The Kier molecular flexibility index (Phi) is 7.03. The third-order valence-corrected chi connectivity index (χ3v) is 4.39. The number of nitrogens with zero attached hydrogens (tertiary/aromatic N) is 4. The zero-order valence-electron chi connectivity index (χ0n) is 16.8. The Balaban J connectivity index is 2.04. The average Bonchev–Trinajstić information content (AvgIpc) is 3.31. The number of carbonyl (C=O) groups excluding carboxylic acids is 2. The monoisotopic (exact) mass is 435 g/mol. The number of rotatable bonds is 9. The molecule has 1 aromatic carbocycles. The summed E-state index contributed by atoms with van der Waals surface area (Å²) in [6.07, 6.45) is 2.93. The van der Waals surface area contributed by atoms with E-state index in [4.69, 9.17) is 25.8 Å². The van der Waals surface area contributed by atoms with Gasteiger partial charge in [0.05, 0.1) is 53.3 Å². The number of nitrogens with one attached hydrogen (secondary N) is 1. The van der Waals surface area contributed by atoms with Crippen LogP contribution in [-0.2, 0) is 25.7 Å². The SMILES string of the molecule is CCOC(=O)c1cnn(-c2nc3cc(NC(C)=O)c(Cl)cc3n2COCCOC)c1. The van der Waals surface area contributed by atoms with Crippen molar-refractivity contribution in [2.24, 2.45) is 0 Å². The molecule has 1 N–H and O–H groups in total. The molecule has 0 radical (unpaired) electrons. The Hall–Kier alpha value is -2.95. The number of ether oxygens (including phenoxy) is 3. The molecule has 0 aliphatic rings. The zero-order chi connectivity index (χ0) is 21.7. The van der Waals surface area contributed by atoms with E-state index in [1.807, 2.05) is 0 Å². The van der Waals surface area contributed by atoms with Gasteiger partial charge in [0.15, 0.2) is 0 Å². The van der Waals surface area contributed by atoms with E-state index in [1.165, 1.54) is 24.0 Å². The van der Waals surface area contributed by atoms with Crippen LogP contribution in [0, 0.1) is 0 Å². The van der Waals surface area contributed by atoms with E-state index in [9.17, 15) is 9.59 Å². The lowest BCUT2D eigenvalue weighted by Crippen LogP contribution is -2.12. The zero-order valence-corrected chi connectivity index (χ0v) is 17.6. The van der Waals surface area contributed by atoms with Crippen LogP contribution in [0.4, 0.5) is 5.69 Å². The van der Waals surface area contributed by atoms with E-state index in [2.05, 4.69) is 15.4 Å². The molecule has 0 spiro atoms. The highest BCUT2D eigenvalue weighted by Gasteiger charge is 2.18. The predicted molar refractivity (Wildman–Crippen MR) is 110 cm³/mol. The Morgan fingerprint density at radius 2 is 2.07 bits per heavy atom. The fourth-order valence-electron chi connectivity index (χ4n) is 2.77. The molecule has 0 aliphatic carbocycles. The molecule has 2 aromatic heterocycles. The minimum atomic E-state index is -0.473. The van der Waals surface area contributed by atoms with Crippen molar-refractivity contribution >= 4 is 40.2 Å². The van der Waals surface area contributed by atoms with Crippen LogP contribution in [0.15, 0.2) is 24.5 Å². The van der Waals surface area contributed by atoms with Gasteiger partial charge >= 0.3 is 5.97 Å². The molecule has 0 unspecified atom stereocenters. The number of methoxy groups -OCH3 is 1. The van der Waals surface area contributed by atoms with Crippen molar-refractivity contribution in [3.05, 3.63) is 35.1 Å². The molecule has 10 nitrogen and oxygen atoms in total. The van der Waals surface area contributed by atoms with E-state index in [0.717, 1.165) is 0 Å². The minimum Gasteiger partial charge on any atom is -0.462 e. The van der Waals surface area contributed by atoms with E-state index < -0.39 is 5.97 Å². The van der Waals surface area contributed by atoms with Crippen LogP contribution in [0.5, 0.6) is 0 Å². The number of halogens is 1. The molecule has 3 rings (SSSR count). The van der Waals surface area contributed by atoms with Crippen molar-refractivity contribution in [3.63, 3.8) is 0 Å². The molecule has 3 aromatic rings. The van der Waals surface area contributed by atoms with Gasteiger partial charge in [-0.05, 0) is 19.1 Å². The first-order valence-electron chi connectivity index (χ1n) is 9.20. The molecule has 1 amide bonds. The molecule has 11 heteroatoms. The van der Waals surface area contributed by atoms with Gasteiger partial charge in [-0.2, -0.15) is 5.10 Å². The smallest absolute Gasteiger partial charge is 0.341 e. The summed E-state index contributed by atoms with van der Waals surface area (Å²) in [4.78, 5) is 28.0. The highest BCUT2D eigenvalue weighted by molar-refractivity contribution is 6.34. The van der Waals surface area contributed by atoms with E-state index in [0.29, 0.717) is 46.5 Å². The second-order valence-electron chi connectivity index (χ2n) is 6.27. The van der Waals surface area contributed by atoms with Crippen molar-refractivity contribution < 1.29 is 23.8 Å². The Morgan fingerprint density at radius 1 is 1.27 bits per heavy atom. The molecule has 0 fully saturated rings. The topological polar surface area (TPSA) is 110 Å². The molecule has 0 bridgehead atoms. The lowest BCUT2D eigenvalue weighted by molar-refractivity contribution is -0.114. The second kappa shape index (κ2) is 9.70. The van der Waals surface area contributed by atoms with Gasteiger partial charge in [-0.3, -0.25) is 9.36 Å². The third-order valence-electron chi connectivity index (χ3n) is 4.08. The Bertz CT molecular complexity index is 1060. The van der Waals surface area contributed by atoms with Crippen molar-refractivity contribution in [3.8, 4) is 5.95 Å². The van der Waals surface area contributed by atoms with E-state index in [-0.39, 0.29) is 19.2 Å². The number of anilines is 1. The second-order valence-corrected chi connectivity index (χ2v) is 6.67. The highest BCUT2D eigenvalue weighted by atomic mass is 35.5. The summed E-state index contributed by atoms with van der Waals surface area (Å²) in [6, 6.07) is 3.36. The number of aromatic nitrogens is 4. The normalized spacial score (nSPS) is 11.1. The molecule has 0 atom stereocenters. The largest absolute Gasteiger partial charge is 0.462 e. The summed E-state index contributed by atoms with van der Waals surface area (Å²) < 4.78 is 18.9. The summed E-state index contributed by atoms with van der Waals surface area (Å²) in [5.41, 5.74) is 1.99. The summed E-state index contributed by atoms with van der Waals surface area (Å²) in [5.74, 6) is -0.308. The predicted octanol–water partition coefficient (Wildman–Crippen LogP) is 2.63. The summed E-state index contributed by atoms with van der Waals surface area (Å²) in [6.45, 7) is 4.36. The molecular weight excluding hydrogens is 414 g/mol. The van der Waals surface area contributed by atoms with Crippen molar-refractivity contribution in [1.82, 2.24) is 19.3 Å². The maximum absolute atomic E-state index is 12.0. The van der Waals surface area contributed by atoms with Crippen molar-refractivity contribution in [1.29, 1.82) is 0 Å². The van der Waals surface area contributed by atoms with Gasteiger partial charge < -0.3 is 19.5 Å². The number of hydrogen-bond donors (Lipinski definition) is 1. The van der Waals surface area contributed by atoms with Crippen LogP contribution in [0.25, 0.3) is 17.0 Å². The molecule has 160 valence electrons. The van der Waals surface area contributed by atoms with Crippen LogP contribution in [0.1, 0.15) is 24.2 Å². The van der Waals surface area contributed by atoms with Gasteiger partial charge in [0.2, 0.25) is 11.9 Å². The first-order chi connectivity index (χ1) is 14.4. The van der Waals surface area contributed by atoms with Crippen LogP contribution in [-0.4, -0.2) is 58.1 Å². The first-order valence-corrected chi connectivity index (χ1v) is 9.58. The number of carbonyl (C=O) groups is 2. The van der Waals surface area contributed by atoms with Crippen LogP contribution in [0.3, 0.4) is 0 Å². The lowest BCUT2D eigenvalue weighted by atomic mass is 10.2. The Morgan fingerprint density at radius 3 is 2.77 bits per heavy atom. The van der Waals surface area contributed by atoms with Crippen LogP contribution >= 0.6 is 11.6 Å². The number of esters is 1. The number of hydrogen-bond acceptors (Lipinski definition) is 7. The maximum atomic E-state index is 12.0. The minimum absolute atomic E-state index is 0.152. The summed E-state index contributed by atoms with van der Waals surface area (Å²) in [7, 11) is 1.59. The van der Waals surface area contributed by atoms with Crippen LogP contribution in [0.2, 0.25) is 5.02 Å². The number of imidazole rings is 1. The summed E-state index contributed by atoms with van der Waals surface area (Å²) >= 11 is 6.34. The van der Waals surface area contributed by atoms with Crippen LogP contribution < -0.4 is 5.32 Å². The van der Waals surface area contributed by atoms with E-state index >= 15 is 0 Å². The van der Waals surface area contributed by atoms with Gasteiger partial charge in [-0.15, -0.1) is 0 Å². The average molecular weight is 436 g/mol. The van der Waals surface area contributed by atoms with Gasteiger partial charge in [0.1, 0.15) is 6.73 Å². The van der Waals surface area contributed by atoms with Gasteiger partial charge in [-0.1, -0.05) is 11.6 Å². The van der Waals surface area contributed by atoms with Gasteiger partial charge in [-0.25, -0.2) is 14.5 Å². The van der Waals surface area contributed by atoms with Crippen molar-refractivity contribution in [2.45, 2.75) is 20.6 Å². The molecule has 30 heavy (non-hydrogen) atoms. The number of amides is 1. The highest BCUT2D eigenvalue weighted by Crippen LogP contribution is 2.30. The molecule has 0 aliphatic heterocycles. The van der Waals surface area contributed by atoms with Gasteiger partial charge in [0, 0.05) is 20.2 Å².